The third-order valence-electron chi connectivity index (χ3n) is 3.84. The molecule has 0 unspecified atom stereocenters. The van der Waals surface area contributed by atoms with Gasteiger partial charge in [-0.3, -0.25) is 0 Å². The molecule has 0 aliphatic rings. The van der Waals surface area contributed by atoms with Crippen molar-refractivity contribution in [2.75, 3.05) is 10.6 Å². The zero-order chi connectivity index (χ0) is 16.9. The van der Waals surface area contributed by atoms with Gasteiger partial charge in [0, 0.05) is 19.2 Å². The van der Waals surface area contributed by atoms with Crippen LogP contribution in [0.1, 0.15) is 11.1 Å². The maximum Gasteiger partial charge on any atom is 0.139 e. The minimum Gasteiger partial charge on any atom is -0.397 e. The van der Waals surface area contributed by atoms with Crippen LogP contribution >= 0.6 is 15.9 Å². The molecule has 0 saturated heterocycles. The topological polar surface area (TPSA) is 29.3 Å². The zero-order valence-corrected chi connectivity index (χ0v) is 14.7. The number of benzene rings is 3. The third-order valence-corrected chi connectivity index (χ3v) is 4.45. The predicted octanol–water partition coefficient (Wildman–Crippen LogP) is 5.38. The monoisotopic (exact) mass is 384 g/mol. The molecular weight excluding hydrogens is 367 g/mol. The fourth-order valence-corrected chi connectivity index (χ4v) is 3.02. The van der Waals surface area contributed by atoms with Gasteiger partial charge in [-0.1, -0.05) is 60.7 Å². The van der Waals surface area contributed by atoms with E-state index in [0.29, 0.717) is 28.9 Å². The first-order valence-corrected chi connectivity index (χ1v) is 8.50. The fourth-order valence-electron chi connectivity index (χ4n) is 2.66. The largest absolute Gasteiger partial charge is 0.397 e. The van der Waals surface area contributed by atoms with E-state index < -0.39 is 0 Å². The van der Waals surface area contributed by atoms with E-state index >= 15 is 0 Å². The van der Waals surface area contributed by atoms with E-state index in [1.165, 1.54) is 6.07 Å². The Morgan fingerprint density at radius 2 is 1.33 bits per heavy atom. The standard InChI is InChI=1S/C20H18BrFN2/c21-17-11-19(23)20(12-18(17)22)24(13-15-7-3-1-4-8-15)14-16-9-5-2-6-10-16/h1-12H,13-14,23H2. The van der Waals surface area contributed by atoms with Crippen molar-refractivity contribution < 1.29 is 4.39 Å². The van der Waals surface area contributed by atoms with Crippen molar-refractivity contribution in [1.82, 2.24) is 0 Å². The first-order chi connectivity index (χ1) is 11.6. The van der Waals surface area contributed by atoms with Crippen LogP contribution in [-0.4, -0.2) is 0 Å². The molecule has 4 heteroatoms. The van der Waals surface area contributed by atoms with Gasteiger partial charge in [0.1, 0.15) is 5.82 Å². The van der Waals surface area contributed by atoms with Crippen LogP contribution < -0.4 is 10.6 Å². The summed E-state index contributed by atoms with van der Waals surface area (Å²) in [7, 11) is 0. The Labute approximate surface area is 149 Å². The molecule has 0 aliphatic heterocycles. The Morgan fingerprint density at radius 3 is 1.83 bits per heavy atom. The lowest BCUT2D eigenvalue weighted by atomic mass is 10.1. The molecule has 122 valence electrons. The third kappa shape index (κ3) is 3.95. The minimum absolute atomic E-state index is 0.315. The number of anilines is 2. The van der Waals surface area contributed by atoms with Crippen molar-refractivity contribution >= 4 is 27.3 Å². The number of nitrogens with two attached hydrogens (primary N) is 1. The number of hydrogen-bond donors (Lipinski definition) is 1. The second-order valence-electron chi connectivity index (χ2n) is 5.65. The number of nitrogens with zero attached hydrogens (tertiary/aromatic N) is 1. The summed E-state index contributed by atoms with van der Waals surface area (Å²) in [6, 6.07) is 23.3. The molecule has 0 amide bonds. The Kier molecular flexibility index (Phi) is 5.16. The maximum atomic E-state index is 14.1. The number of hydrogen-bond acceptors (Lipinski definition) is 2. The highest BCUT2D eigenvalue weighted by atomic mass is 79.9. The van der Waals surface area contributed by atoms with Crippen molar-refractivity contribution in [2.24, 2.45) is 0 Å². The molecule has 24 heavy (non-hydrogen) atoms. The Bertz CT molecular complexity index is 765. The molecular formula is C20H18BrFN2. The molecule has 0 fully saturated rings. The van der Waals surface area contributed by atoms with E-state index in [1.807, 2.05) is 36.4 Å². The summed E-state index contributed by atoms with van der Waals surface area (Å²) in [5, 5.41) is 0. The van der Waals surface area contributed by atoms with Crippen LogP contribution in [0.25, 0.3) is 0 Å². The van der Waals surface area contributed by atoms with E-state index in [0.717, 1.165) is 11.1 Å². The van der Waals surface area contributed by atoms with Crippen molar-refractivity contribution in [3.05, 3.63) is 94.2 Å². The van der Waals surface area contributed by atoms with Crippen LogP contribution in [0.3, 0.4) is 0 Å². The SMILES string of the molecule is Nc1cc(Br)c(F)cc1N(Cc1ccccc1)Cc1ccccc1. The lowest BCUT2D eigenvalue weighted by Crippen LogP contribution is -2.23. The summed E-state index contributed by atoms with van der Waals surface area (Å²) in [4.78, 5) is 2.09. The van der Waals surface area contributed by atoms with E-state index in [-0.39, 0.29) is 5.82 Å². The number of rotatable bonds is 5. The van der Waals surface area contributed by atoms with Crippen LogP contribution in [0.4, 0.5) is 15.8 Å². The van der Waals surface area contributed by atoms with Gasteiger partial charge >= 0.3 is 0 Å². The Hall–Kier alpha value is -2.33. The lowest BCUT2D eigenvalue weighted by Gasteiger charge is -2.27. The van der Waals surface area contributed by atoms with Crippen molar-refractivity contribution in [1.29, 1.82) is 0 Å². The minimum atomic E-state index is -0.315. The second kappa shape index (κ2) is 7.49. The molecule has 0 heterocycles. The van der Waals surface area contributed by atoms with Crippen LogP contribution in [0.5, 0.6) is 0 Å². The zero-order valence-electron chi connectivity index (χ0n) is 13.1. The van der Waals surface area contributed by atoms with Gasteiger partial charge < -0.3 is 10.6 Å². The van der Waals surface area contributed by atoms with Gasteiger partial charge in [0.2, 0.25) is 0 Å². The average molecular weight is 385 g/mol. The highest BCUT2D eigenvalue weighted by molar-refractivity contribution is 9.10. The molecule has 0 radical (unpaired) electrons. The highest BCUT2D eigenvalue weighted by Gasteiger charge is 2.14. The highest BCUT2D eigenvalue weighted by Crippen LogP contribution is 2.31. The molecule has 0 aliphatic carbocycles. The summed E-state index contributed by atoms with van der Waals surface area (Å²) >= 11 is 3.19. The molecule has 2 N–H and O–H groups in total. The normalized spacial score (nSPS) is 10.6. The molecule has 3 rings (SSSR count). The molecule has 0 aromatic heterocycles. The van der Waals surface area contributed by atoms with E-state index in [2.05, 4.69) is 45.1 Å². The van der Waals surface area contributed by atoms with Crippen molar-refractivity contribution in [3.63, 3.8) is 0 Å². The molecule has 0 saturated carbocycles. The number of nitrogen functional groups attached to an aromatic ring is 1. The molecule has 0 bridgehead atoms. The van der Waals surface area contributed by atoms with Gasteiger partial charge in [0.15, 0.2) is 0 Å². The van der Waals surface area contributed by atoms with E-state index in [4.69, 9.17) is 5.73 Å². The van der Waals surface area contributed by atoms with Gasteiger partial charge in [-0.2, -0.15) is 0 Å². The van der Waals surface area contributed by atoms with E-state index in [9.17, 15) is 4.39 Å². The van der Waals surface area contributed by atoms with Crippen molar-refractivity contribution in [3.8, 4) is 0 Å². The second-order valence-corrected chi connectivity index (χ2v) is 6.51. The predicted molar refractivity (Wildman–Crippen MR) is 101 cm³/mol. The van der Waals surface area contributed by atoms with Gasteiger partial charge in [0.25, 0.3) is 0 Å². The summed E-state index contributed by atoms with van der Waals surface area (Å²) in [6.07, 6.45) is 0. The average Bonchev–Trinajstić information content (AvgIpc) is 2.59. The lowest BCUT2D eigenvalue weighted by molar-refractivity contribution is 0.619. The summed E-state index contributed by atoms with van der Waals surface area (Å²) in [5.41, 5.74) is 9.71. The molecule has 0 atom stereocenters. The Morgan fingerprint density at radius 1 is 0.833 bits per heavy atom. The van der Waals surface area contributed by atoms with Gasteiger partial charge in [-0.15, -0.1) is 0 Å². The van der Waals surface area contributed by atoms with Crippen LogP contribution in [-0.2, 0) is 13.1 Å². The summed E-state index contributed by atoms with van der Waals surface area (Å²) in [6.45, 7) is 1.31. The van der Waals surface area contributed by atoms with Gasteiger partial charge in [0.05, 0.1) is 15.8 Å². The quantitative estimate of drug-likeness (QED) is 0.598. The molecule has 3 aromatic carbocycles. The van der Waals surface area contributed by atoms with Gasteiger partial charge in [-0.25, -0.2) is 4.39 Å². The number of halogens is 2. The molecule has 0 spiro atoms. The van der Waals surface area contributed by atoms with Crippen molar-refractivity contribution in [2.45, 2.75) is 13.1 Å². The summed E-state index contributed by atoms with van der Waals surface area (Å²) < 4.78 is 14.4. The first-order valence-electron chi connectivity index (χ1n) is 7.71. The van der Waals surface area contributed by atoms with E-state index in [1.54, 1.807) is 6.07 Å². The van der Waals surface area contributed by atoms with Crippen LogP contribution in [0.15, 0.2) is 77.3 Å². The van der Waals surface area contributed by atoms with Crippen LogP contribution in [0.2, 0.25) is 0 Å². The Balaban J connectivity index is 1.96. The van der Waals surface area contributed by atoms with Crippen LogP contribution in [0, 0.1) is 5.82 Å². The molecule has 3 aromatic rings. The summed E-state index contributed by atoms with van der Waals surface area (Å²) in [5.74, 6) is -0.315. The first kappa shape index (κ1) is 16.5. The maximum absolute atomic E-state index is 14.1. The molecule has 2 nitrogen and oxygen atoms in total. The van der Waals surface area contributed by atoms with Gasteiger partial charge in [-0.05, 0) is 33.1 Å². The smallest absolute Gasteiger partial charge is 0.139 e. The fraction of sp³-hybridized carbons (Fsp3) is 0.100.